The molecule has 0 unspecified atom stereocenters. The lowest BCUT2D eigenvalue weighted by Crippen LogP contribution is -2.21. The van der Waals surface area contributed by atoms with Crippen molar-refractivity contribution in [2.75, 3.05) is 19.8 Å². The number of hydrogen-bond acceptors (Lipinski definition) is 2. The van der Waals surface area contributed by atoms with Crippen LogP contribution >= 0.6 is 0 Å². The molecule has 1 aromatic rings. The molecule has 0 amide bonds. The van der Waals surface area contributed by atoms with Crippen LogP contribution in [0.1, 0.15) is 5.56 Å². The van der Waals surface area contributed by atoms with Crippen LogP contribution in [-0.4, -0.2) is 29.6 Å². The molecule has 1 aromatic carbocycles. The quantitative estimate of drug-likeness (QED) is 0.715. The van der Waals surface area contributed by atoms with Gasteiger partial charge in [0.25, 0.3) is 0 Å². The molecular formula is C12H16N2. The summed E-state index contributed by atoms with van der Waals surface area (Å²) in [6, 6.07) is 10.6. The third kappa shape index (κ3) is 2.15. The monoisotopic (exact) mass is 188 g/mol. The normalized spacial score (nSPS) is 17.3. The van der Waals surface area contributed by atoms with Crippen LogP contribution in [0, 0.1) is 0 Å². The number of nitrogens with zero attached hydrogens (tertiary/aromatic N) is 2. The summed E-state index contributed by atoms with van der Waals surface area (Å²) in [5.74, 6) is 0. The summed E-state index contributed by atoms with van der Waals surface area (Å²) >= 11 is 0. The lowest BCUT2D eigenvalue weighted by atomic mass is 10.2. The first-order valence-corrected chi connectivity index (χ1v) is 5.01. The Morgan fingerprint density at radius 2 is 2.00 bits per heavy atom. The number of benzene rings is 1. The molecule has 0 atom stereocenters. The standard InChI is InChI=1S/C12H16N2/c1-2-13-8-9-14(11-13)10-12-6-4-3-5-7-12/h2-7H,1,8-11H2. The average molecular weight is 188 g/mol. The zero-order valence-electron chi connectivity index (χ0n) is 8.39. The number of rotatable bonds is 3. The Hall–Kier alpha value is -1.28. The van der Waals surface area contributed by atoms with Gasteiger partial charge >= 0.3 is 0 Å². The smallest absolute Gasteiger partial charge is 0.0705 e. The lowest BCUT2D eigenvalue weighted by molar-refractivity contribution is 0.282. The van der Waals surface area contributed by atoms with Gasteiger partial charge in [-0.05, 0) is 11.8 Å². The highest BCUT2D eigenvalue weighted by Gasteiger charge is 2.16. The van der Waals surface area contributed by atoms with E-state index in [2.05, 4.69) is 46.7 Å². The Morgan fingerprint density at radius 3 is 2.64 bits per heavy atom. The van der Waals surface area contributed by atoms with Gasteiger partial charge in [0.2, 0.25) is 0 Å². The molecular weight excluding hydrogens is 172 g/mol. The predicted molar refractivity (Wildman–Crippen MR) is 58.6 cm³/mol. The predicted octanol–water partition coefficient (Wildman–Crippen LogP) is 1.91. The summed E-state index contributed by atoms with van der Waals surface area (Å²) in [5, 5.41) is 0. The van der Waals surface area contributed by atoms with Crippen molar-refractivity contribution in [1.82, 2.24) is 9.80 Å². The first kappa shape index (κ1) is 9.28. The second kappa shape index (κ2) is 4.29. The molecule has 0 aromatic heterocycles. The van der Waals surface area contributed by atoms with E-state index in [-0.39, 0.29) is 0 Å². The van der Waals surface area contributed by atoms with Crippen molar-refractivity contribution in [3.8, 4) is 0 Å². The van der Waals surface area contributed by atoms with Crippen molar-refractivity contribution >= 4 is 0 Å². The summed E-state index contributed by atoms with van der Waals surface area (Å²) in [6.45, 7) is 8.09. The van der Waals surface area contributed by atoms with Crippen molar-refractivity contribution in [2.24, 2.45) is 0 Å². The molecule has 2 nitrogen and oxygen atoms in total. The zero-order valence-corrected chi connectivity index (χ0v) is 8.39. The van der Waals surface area contributed by atoms with Crippen LogP contribution in [0.4, 0.5) is 0 Å². The van der Waals surface area contributed by atoms with Gasteiger partial charge in [-0.3, -0.25) is 4.90 Å². The van der Waals surface area contributed by atoms with E-state index in [4.69, 9.17) is 0 Å². The van der Waals surface area contributed by atoms with Gasteiger partial charge in [0.05, 0.1) is 6.67 Å². The van der Waals surface area contributed by atoms with Crippen molar-refractivity contribution < 1.29 is 0 Å². The van der Waals surface area contributed by atoms with Gasteiger partial charge < -0.3 is 4.90 Å². The fourth-order valence-electron chi connectivity index (χ4n) is 1.79. The maximum Gasteiger partial charge on any atom is 0.0705 e. The minimum Gasteiger partial charge on any atom is -0.364 e. The topological polar surface area (TPSA) is 6.48 Å². The summed E-state index contributed by atoms with van der Waals surface area (Å²) < 4.78 is 0. The van der Waals surface area contributed by atoms with Gasteiger partial charge in [0.1, 0.15) is 0 Å². The molecule has 74 valence electrons. The van der Waals surface area contributed by atoms with Crippen LogP contribution in [-0.2, 0) is 6.54 Å². The Morgan fingerprint density at radius 1 is 1.21 bits per heavy atom. The second-order valence-electron chi connectivity index (χ2n) is 3.67. The molecule has 0 bridgehead atoms. The highest BCUT2D eigenvalue weighted by Crippen LogP contribution is 2.10. The van der Waals surface area contributed by atoms with Crippen LogP contribution in [0.25, 0.3) is 0 Å². The minimum atomic E-state index is 1.01. The molecule has 1 aliphatic heterocycles. The molecule has 2 rings (SSSR count). The SMILES string of the molecule is C=CN1CCN(Cc2ccccc2)C1. The van der Waals surface area contributed by atoms with E-state index in [0.29, 0.717) is 0 Å². The first-order chi connectivity index (χ1) is 6.88. The fourth-order valence-corrected chi connectivity index (χ4v) is 1.79. The number of hydrogen-bond donors (Lipinski definition) is 0. The zero-order chi connectivity index (χ0) is 9.80. The highest BCUT2D eigenvalue weighted by molar-refractivity contribution is 5.14. The molecule has 14 heavy (non-hydrogen) atoms. The van der Waals surface area contributed by atoms with E-state index in [9.17, 15) is 0 Å². The largest absolute Gasteiger partial charge is 0.364 e. The Labute approximate surface area is 85.4 Å². The third-order valence-electron chi connectivity index (χ3n) is 2.59. The van der Waals surface area contributed by atoms with Crippen molar-refractivity contribution in [1.29, 1.82) is 0 Å². The Balaban J connectivity index is 1.90. The molecule has 1 aliphatic rings. The van der Waals surface area contributed by atoms with Crippen LogP contribution in [0.5, 0.6) is 0 Å². The van der Waals surface area contributed by atoms with Crippen molar-refractivity contribution in [2.45, 2.75) is 6.54 Å². The second-order valence-corrected chi connectivity index (χ2v) is 3.67. The van der Waals surface area contributed by atoms with Gasteiger partial charge in [0, 0.05) is 19.6 Å². The Kier molecular flexibility index (Phi) is 2.84. The fraction of sp³-hybridized carbons (Fsp3) is 0.333. The molecule has 0 saturated carbocycles. The molecule has 2 heteroatoms. The Bertz CT molecular complexity index is 294. The van der Waals surface area contributed by atoms with Crippen LogP contribution in [0.2, 0.25) is 0 Å². The lowest BCUT2D eigenvalue weighted by Gasteiger charge is -2.16. The summed E-state index contributed by atoms with van der Waals surface area (Å²) in [7, 11) is 0. The molecule has 0 radical (unpaired) electrons. The summed E-state index contributed by atoms with van der Waals surface area (Å²) in [6.07, 6.45) is 1.92. The van der Waals surface area contributed by atoms with Gasteiger partial charge in [-0.1, -0.05) is 36.9 Å². The van der Waals surface area contributed by atoms with E-state index >= 15 is 0 Å². The van der Waals surface area contributed by atoms with E-state index in [1.165, 1.54) is 5.56 Å². The van der Waals surface area contributed by atoms with Gasteiger partial charge in [-0.15, -0.1) is 0 Å². The summed E-state index contributed by atoms with van der Waals surface area (Å²) in [5.41, 5.74) is 1.39. The molecule has 1 heterocycles. The van der Waals surface area contributed by atoms with Crippen molar-refractivity contribution in [3.63, 3.8) is 0 Å². The van der Waals surface area contributed by atoms with Crippen LogP contribution in [0.3, 0.4) is 0 Å². The van der Waals surface area contributed by atoms with Crippen LogP contribution < -0.4 is 0 Å². The van der Waals surface area contributed by atoms with Gasteiger partial charge in [0.15, 0.2) is 0 Å². The van der Waals surface area contributed by atoms with Crippen molar-refractivity contribution in [3.05, 3.63) is 48.7 Å². The van der Waals surface area contributed by atoms with E-state index in [1.54, 1.807) is 0 Å². The van der Waals surface area contributed by atoms with E-state index in [1.807, 2.05) is 6.20 Å². The maximum atomic E-state index is 3.78. The maximum absolute atomic E-state index is 3.78. The van der Waals surface area contributed by atoms with E-state index in [0.717, 1.165) is 26.3 Å². The van der Waals surface area contributed by atoms with Crippen LogP contribution in [0.15, 0.2) is 43.1 Å². The van der Waals surface area contributed by atoms with Gasteiger partial charge in [-0.25, -0.2) is 0 Å². The summed E-state index contributed by atoms with van der Waals surface area (Å²) in [4.78, 5) is 4.67. The highest BCUT2D eigenvalue weighted by atomic mass is 15.4. The molecule has 0 spiro atoms. The average Bonchev–Trinajstić information content (AvgIpc) is 2.67. The molecule has 0 N–H and O–H groups in total. The third-order valence-corrected chi connectivity index (χ3v) is 2.59. The first-order valence-electron chi connectivity index (χ1n) is 5.01. The molecule has 0 aliphatic carbocycles. The van der Waals surface area contributed by atoms with Gasteiger partial charge in [-0.2, -0.15) is 0 Å². The van der Waals surface area contributed by atoms with E-state index < -0.39 is 0 Å². The molecule has 1 fully saturated rings. The minimum absolute atomic E-state index is 1.01. The molecule has 1 saturated heterocycles.